The van der Waals surface area contributed by atoms with Crippen molar-refractivity contribution in [1.29, 1.82) is 0 Å². The Morgan fingerprint density at radius 3 is 3.00 bits per heavy atom. The van der Waals surface area contributed by atoms with E-state index in [1.807, 2.05) is 22.4 Å². The maximum atomic E-state index is 12.1. The fourth-order valence-electron chi connectivity index (χ4n) is 2.15. The van der Waals surface area contributed by atoms with Crippen molar-refractivity contribution >= 4 is 29.7 Å². The number of thiophene rings is 1. The van der Waals surface area contributed by atoms with Gasteiger partial charge in [0.2, 0.25) is 5.91 Å². The largest absolute Gasteiger partial charge is 0.376 e. The van der Waals surface area contributed by atoms with Crippen LogP contribution in [0.25, 0.3) is 0 Å². The van der Waals surface area contributed by atoms with Crippen LogP contribution in [0.1, 0.15) is 24.6 Å². The Balaban J connectivity index is 0.00000180. The molecule has 1 saturated heterocycles. The van der Waals surface area contributed by atoms with Crippen molar-refractivity contribution in [3.8, 4) is 0 Å². The van der Waals surface area contributed by atoms with Gasteiger partial charge in [-0.15, -0.1) is 23.7 Å². The molecule has 108 valence electrons. The van der Waals surface area contributed by atoms with Crippen LogP contribution in [0.3, 0.4) is 0 Å². The lowest BCUT2D eigenvalue weighted by Crippen LogP contribution is -2.44. The molecule has 1 fully saturated rings. The maximum absolute atomic E-state index is 12.1. The molecule has 1 aromatic rings. The van der Waals surface area contributed by atoms with E-state index < -0.39 is 6.04 Å². The summed E-state index contributed by atoms with van der Waals surface area (Å²) in [5.41, 5.74) is 5.71. The fraction of sp³-hybridized carbons (Fsp3) is 0.615. The molecule has 2 N–H and O–H groups in total. The van der Waals surface area contributed by atoms with Gasteiger partial charge in [0, 0.05) is 18.0 Å². The van der Waals surface area contributed by atoms with Crippen LogP contribution in [0.15, 0.2) is 17.5 Å². The Labute approximate surface area is 124 Å². The maximum Gasteiger partial charge on any atom is 0.239 e. The number of halogens is 1. The molecule has 2 rings (SSSR count). The molecule has 2 atom stereocenters. The average molecular weight is 305 g/mol. The Morgan fingerprint density at radius 1 is 1.68 bits per heavy atom. The molecule has 0 aliphatic carbocycles. The summed E-state index contributed by atoms with van der Waals surface area (Å²) in [5.74, 6) is -0.00102. The number of amides is 1. The van der Waals surface area contributed by atoms with Gasteiger partial charge in [0.15, 0.2) is 0 Å². The van der Waals surface area contributed by atoms with E-state index in [0.717, 1.165) is 19.4 Å². The molecular weight excluding hydrogens is 284 g/mol. The molecule has 19 heavy (non-hydrogen) atoms. The van der Waals surface area contributed by atoms with E-state index >= 15 is 0 Å². The summed E-state index contributed by atoms with van der Waals surface area (Å²) in [5, 5.41) is 2.02. The van der Waals surface area contributed by atoms with Crippen LogP contribution in [0.4, 0.5) is 0 Å². The molecule has 0 spiro atoms. The van der Waals surface area contributed by atoms with E-state index in [9.17, 15) is 4.79 Å². The summed E-state index contributed by atoms with van der Waals surface area (Å²) < 4.78 is 5.60. The van der Waals surface area contributed by atoms with Gasteiger partial charge in [-0.3, -0.25) is 4.79 Å². The quantitative estimate of drug-likeness (QED) is 0.905. The zero-order valence-corrected chi connectivity index (χ0v) is 12.7. The summed E-state index contributed by atoms with van der Waals surface area (Å²) >= 11 is 1.66. The average Bonchev–Trinajstić information content (AvgIpc) is 2.99. The molecule has 2 heterocycles. The first-order chi connectivity index (χ1) is 8.66. The zero-order chi connectivity index (χ0) is 13.0. The van der Waals surface area contributed by atoms with Crippen LogP contribution in [0, 0.1) is 0 Å². The second-order valence-electron chi connectivity index (χ2n) is 4.72. The molecule has 6 heteroatoms. The molecule has 2 unspecified atom stereocenters. The molecule has 4 nitrogen and oxygen atoms in total. The van der Waals surface area contributed by atoms with Gasteiger partial charge in [-0.1, -0.05) is 6.07 Å². The minimum atomic E-state index is -0.452. The monoisotopic (exact) mass is 304 g/mol. The highest BCUT2D eigenvalue weighted by Gasteiger charge is 2.24. The number of hydrogen-bond acceptors (Lipinski definition) is 4. The van der Waals surface area contributed by atoms with Gasteiger partial charge in [-0.2, -0.15) is 0 Å². The van der Waals surface area contributed by atoms with Crippen LogP contribution in [-0.4, -0.2) is 36.1 Å². The van der Waals surface area contributed by atoms with Crippen molar-refractivity contribution in [1.82, 2.24) is 4.90 Å². The number of carbonyl (C=O) groups is 1. The zero-order valence-electron chi connectivity index (χ0n) is 11.1. The third kappa shape index (κ3) is 4.76. The highest BCUT2D eigenvalue weighted by molar-refractivity contribution is 7.09. The van der Waals surface area contributed by atoms with Gasteiger partial charge in [0.1, 0.15) is 0 Å². The van der Waals surface area contributed by atoms with Crippen molar-refractivity contribution in [2.24, 2.45) is 5.73 Å². The van der Waals surface area contributed by atoms with Gasteiger partial charge >= 0.3 is 0 Å². The van der Waals surface area contributed by atoms with Crippen molar-refractivity contribution < 1.29 is 9.53 Å². The van der Waals surface area contributed by atoms with Crippen LogP contribution in [-0.2, 0) is 16.1 Å². The van der Waals surface area contributed by atoms with Crippen molar-refractivity contribution in [3.05, 3.63) is 22.4 Å². The molecule has 1 aliphatic heterocycles. The smallest absolute Gasteiger partial charge is 0.239 e. The van der Waals surface area contributed by atoms with Crippen molar-refractivity contribution in [3.63, 3.8) is 0 Å². The number of hydrogen-bond donors (Lipinski definition) is 1. The summed E-state index contributed by atoms with van der Waals surface area (Å²) in [6.07, 6.45) is 2.30. The molecule has 0 radical (unpaired) electrons. The minimum absolute atomic E-state index is 0. The van der Waals surface area contributed by atoms with Crippen molar-refractivity contribution in [2.45, 2.75) is 38.5 Å². The standard InChI is InChI=1S/C13H20N2O2S.ClH/c1-10(14)13(16)15(8-11-4-2-6-17-11)9-12-5-3-7-18-12;/h3,5,7,10-11H,2,4,6,8-9,14H2,1H3;1H. The van der Waals surface area contributed by atoms with E-state index in [-0.39, 0.29) is 24.4 Å². The third-order valence-corrected chi connectivity index (χ3v) is 3.94. The van der Waals surface area contributed by atoms with E-state index in [1.54, 1.807) is 18.3 Å². The lowest BCUT2D eigenvalue weighted by atomic mass is 10.2. The fourth-order valence-corrected chi connectivity index (χ4v) is 2.86. The van der Waals surface area contributed by atoms with Gasteiger partial charge < -0.3 is 15.4 Å². The summed E-state index contributed by atoms with van der Waals surface area (Å²) in [4.78, 5) is 15.1. The molecule has 0 saturated carbocycles. The SMILES string of the molecule is CC(N)C(=O)N(Cc1cccs1)CC1CCCO1.Cl. The van der Waals surface area contributed by atoms with E-state index in [4.69, 9.17) is 10.5 Å². The summed E-state index contributed by atoms with van der Waals surface area (Å²) in [7, 11) is 0. The van der Waals surface area contributed by atoms with Gasteiger partial charge in [-0.05, 0) is 31.2 Å². The van der Waals surface area contributed by atoms with E-state index in [2.05, 4.69) is 0 Å². The summed E-state index contributed by atoms with van der Waals surface area (Å²) in [6.45, 7) is 3.83. The molecule has 1 aromatic heterocycles. The Bertz CT molecular complexity index is 378. The number of ether oxygens (including phenoxy) is 1. The first-order valence-corrected chi connectivity index (χ1v) is 7.23. The Kier molecular flexibility index (Phi) is 6.79. The second-order valence-corrected chi connectivity index (χ2v) is 5.75. The molecule has 1 aliphatic rings. The number of rotatable bonds is 5. The van der Waals surface area contributed by atoms with E-state index in [1.165, 1.54) is 4.88 Å². The predicted molar refractivity (Wildman–Crippen MR) is 79.6 cm³/mol. The molecular formula is C13H21ClN2O2S. The molecule has 0 bridgehead atoms. The Morgan fingerprint density at radius 2 is 2.47 bits per heavy atom. The second kappa shape index (κ2) is 7.85. The van der Waals surface area contributed by atoms with E-state index in [0.29, 0.717) is 13.1 Å². The Hall–Kier alpha value is -0.620. The molecule has 0 aromatic carbocycles. The van der Waals surface area contributed by atoms with Gasteiger partial charge in [0.25, 0.3) is 0 Å². The summed E-state index contributed by atoms with van der Waals surface area (Å²) in [6, 6.07) is 3.59. The highest BCUT2D eigenvalue weighted by Crippen LogP contribution is 2.17. The predicted octanol–water partition coefficient (Wildman–Crippen LogP) is 2.02. The number of nitrogens with two attached hydrogens (primary N) is 1. The van der Waals surface area contributed by atoms with Crippen LogP contribution in [0.5, 0.6) is 0 Å². The lowest BCUT2D eigenvalue weighted by molar-refractivity contribution is -0.134. The van der Waals surface area contributed by atoms with Crippen LogP contribution >= 0.6 is 23.7 Å². The minimum Gasteiger partial charge on any atom is -0.376 e. The number of carbonyl (C=O) groups excluding carboxylic acids is 1. The topological polar surface area (TPSA) is 55.6 Å². The van der Waals surface area contributed by atoms with Gasteiger partial charge in [0.05, 0.1) is 18.7 Å². The van der Waals surface area contributed by atoms with Crippen molar-refractivity contribution in [2.75, 3.05) is 13.2 Å². The number of nitrogens with zero attached hydrogens (tertiary/aromatic N) is 1. The first-order valence-electron chi connectivity index (χ1n) is 6.35. The first kappa shape index (κ1) is 16.4. The third-order valence-electron chi connectivity index (χ3n) is 3.08. The lowest BCUT2D eigenvalue weighted by Gasteiger charge is -2.26. The highest BCUT2D eigenvalue weighted by atomic mass is 35.5. The normalized spacial score (nSPS) is 19.8. The molecule has 1 amide bonds. The van der Waals surface area contributed by atoms with Crippen LogP contribution in [0.2, 0.25) is 0 Å². The van der Waals surface area contributed by atoms with Crippen LogP contribution < -0.4 is 5.73 Å². The van der Waals surface area contributed by atoms with Gasteiger partial charge in [-0.25, -0.2) is 0 Å².